The SMILES string of the molecule is CCCN(CCC)CCC1CCN(C(=O)CCOC)CC1.Cc1cccc(Cl)c1Cl. The van der Waals surface area contributed by atoms with Crippen molar-refractivity contribution in [2.45, 2.75) is 59.3 Å². The van der Waals surface area contributed by atoms with Gasteiger partial charge in [0.05, 0.1) is 23.1 Å². The Morgan fingerprint density at radius 3 is 2.27 bits per heavy atom. The van der Waals surface area contributed by atoms with Gasteiger partial charge in [-0.3, -0.25) is 4.79 Å². The molecule has 1 aliphatic heterocycles. The van der Waals surface area contributed by atoms with Gasteiger partial charge in [0.1, 0.15) is 0 Å². The molecule has 0 aromatic heterocycles. The summed E-state index contributed by atoms with van der Waals surface area (Å²) < 4.78 is 4.98. The number of methoxy groups -OCH3 is 1. The topological polar surface area (TPSA) is 32.8 Å². The Hall–Kier alpha value is -0.810. The van der Waals surface area contributed by atoms with Crippen LogP contribution in [0.3, 0.4) is 0 Å². The minimum atomic E-state index is 0.258. The Bertz CT molecular complexity index is 579. The Labute approximate surface area is 193 Å². The highest BCUT2D eigenvalue weighted by atomic mass is 35.5. The predicted molar refractivity (Wildman–Crippen MR) is 129 cm³/mol. The number of halogens is 2. The average molecular weight is 460 g/mol. The molecule has 4 nitrogen and oxygen atoms in total. The fourth-order valence-corrected chi connectivity index (χ4v) is 4.11. The summed E-state index contributed by atoms with van der Waals surface area (Å²) in [6.07, 6.45) is 6.65. The van der Waals surface area contributed by atoms with Crippen molar-refractivity contribution in [3.63, 3.8) is 0 Å². The third-order valence-corrected chi connectivity index (χ3v) is 6.48. The second-order valence-electron chi connectivity index (χ2n) is 8.07. The van der Waals surface area contributed by atoms with Crippen LogP contribution < -0.4 is 0 Å². The van der Waals surface area contributed by atoms with Crippen LogP contribution in [-0.4, -0.2) is 62.1 Å². The fourth-order valence-electron chi connectivity index (χ4n) is 3.76. The first-order valence-corrected chi connectivity index (χ1v) is 12.1. The lowest BCUT2D eigenvalue weighted by Crippen LogP contribution is -2.39. The molecule has 1 aromatic carbocycles. The Balaban J connectivity index is 0.000000414. The maximum Gasteiger partial charge on any atom is 0.224 e. The quantitative estimate of drug-likeness (QED) is 0.425. The fraction of sp³-hybridized carbons (Fsp3) is 0.708. The molecule has 0 unspecified atom stereocenters. The van der Waals surface area contributed by atoms with E-state index in [1.165, 1.54) is 51.7 Å². The number of piperidine rings is 1. The summed E-state index contributed by atoms with van der Waals surface area (Å²) >= 11 is 11.4. The van der Waals surface area contributed by atoms with E-state index >= 15 is 0 Å². The van der Waals surface area contributed by atoms with Gasteiger partial charge in [0.2, 0.25) is 5.91 Å². The lowest BCUT2D eigenvalue weighted by atomic mass is 9.93. The number of aryl methyl sites for hydroxylation is 1. The molecule has 0 N–H and O–H groups in total. The monoisotopic (exact) mass is 458 g/mol. The number of likely N-dealkylation sites (tertiary alicyclic amines) is 1. The predicted octanol–water partition coefficient (Wildman–Crippen LogP) is 6.08. The lowest BCUT2D eigenvalue weighted by molar-refractivity contribution is -0.133. The van der Waals surface area contributed by atoms with Crippen molar-refractivity contribution >= 4 is 29.1 Å². The number of hydrogen-bond donors (Lipinski definition) is 0. The van der Waals surface area contributed by atoms with E-state index in [0.29, 0.717) is 23.1 Å². The van der Waals surface area contributed by atoms with Crippen LogP contribution in [0.25, 0.3) is 0 Å². The zero-order chi connectivity index (χ0) is 22.4. The smallest absolute Gasteiger partial charge is 0.224 e. The van der Waals surface area contributed by atoms with Gasteiger partial charge < -0.3 is 14.5 Å². The molecule has 1 amide bonds. The molecule has 0 atom stereocenters. The number of benzene rings is 1. The van der Waals surface area contributed by atoms with Crippen LogP contribution in [-0.2, 0) is 9.53 Å². The molecule has 2 rings (SSSR count). The third-order valence-electron chi connectivity index (χ3n) is 5.57. The summed E-state index contributed by atoms with van der Waals surface area (Å²) in [7, 11) is 1.65. The molecule has 0 saturated carbocycles. The van der Waals surface area contributed by atoms with Gasteiger partial charge in [-0.2, -0.15) is 0 Å². The van der Waals surface area contributed by atoms with E-state index < -0.39 is 0 Å². The molecule has 0 aliphatic carbocycles. The van der Waals surface area contributed by atoms with Crippen molar-refractivity contribution in [1.82, 2.24) is 9.80 Å². The molecular formula is C24H40Cl2N2O2. The van der Waals surface area contributed by atoms with Crippen LogP contribution >= 0.6 is 23.2 Å². The summed E-state index contributed by atoms with van der Waals surface area (Å²) in [6, 6.07) is 5.58. The summed E-state index contributed by atoms with van der Waals surface area (Å²) in [5.74, 6) is 1.06. The zero-order valence-electron chi connectivity index (χ0n) is 19.3. The number of rotatable bonds is 10. The molecule has 0 bridgehead atoms. The standard InChI is InChI=1S/C17H34N2O2.C7H6Cl2/c1-4-10-18(11-5-2)12-6-16-7-13-19(14-8-16)17(20)9-15-21-3;1-5-3-2-4-6(8)7(5)9/h16H,4-15H2,1-3H3;2-4H,1H3. The number of amides is 1. The number of ether oxygens (including phenoxy) is 1. The number of carbonyl (C=O) groups excluding carboxylic acids is 1. The van der Waals surface area contributed by atoms with Gasteiger partial charge >= 0.3 is 0 Å². The summed E-state index contributed by atoms with van der Waals surface area (Å²) in [5, 5.41) is 1.27. The maximum absolute atomic E-state index is 11.9. The van der Waals surface area contributed by atoms with Gasteiger partial charge in [0, 0.05) is 20.2 Å². The minimum Gasteiger partial charge on any atom is -0.384 e. The normalized spacial score (nSPS) is 14.6. The Morgan fingerprint density at radius 1 is 1.13 bits per heavy atom. The first-order chi connectivity index (χ1) is 14.4. The molecule has 30 heavy (non-hydrogen) atoms. The molecule has 0 radical (unpaired) electrons. The molecule has 172 valence electrons. The molecule has 1 aromatic rings. The molecule has 1 aliphatic rings. The van der Waals surface area contributed by atoms with Gasteiger partial charge in [0.15, 0.2) is 0 Å². The molecule has 1 saturated heterocycles. The summed E-state index contributed by atoms with van der Waals surface area (Å²) in [6.45, 7) is 12.5. The van der Waals surface area contributed by atoms with Gasteiger partial charge in [-0.15, -0.1) is 0 Å². The number of hydrogen-bond acceptors (Lipinski definition) is 3. The molecule has 1 heterocycles. The lowest BCUT2D eigenvalue weighted by Gasteiger charge is -2.33. The molecule has 6 heteroatoms. The van der Waals surface area contributed by atoms with Crippen molar-refractivity contribution in [1.29, 1.82) is 0 Å². The maximum atomic E-state index is 11.9. The highest BCUT2D eigenvalue weighted by Crippen LogP contribution is 2.24. The van der Waals surface area contributed by atoms with Gasteiger partial charge in [0.25, 0.3) is 0 Å². The Morgan fingerprint density at radius 2 is 1.77 bits per heavy atom. The molecule has 1 fully saturated rings. The van der Waals surface area contributed by atoms with E-state index in [1.54, 1.807) is 13.2 Å². The van der Waals surface area contributed by atoms with Gasteiger partial charge in [-0.05, 0) is 76.2 Å². The van der Waals surface area contributed by atoms with E-state index in [1.807, 2.05) is 24.0 Å². The highest BCUT2D eigenvalue weighted by molar-refractivity contribution is 6.42. The summed E-state index contributed by atoms with van der Waals surface area (Å²) in [5.41, 5.74) is 1.02. The van der Waals surface area contributed by atoms with Crippen LogP contribution in [0.2, 0.25) is 10.0 Å². The van der Waals surface area contributed by atoms with E-state index in [9.17, 15) is 4.79 Å². The highest BCUT2D eigenvalue weighted by Gasteiger charge is 2.22. The van der Waals surface area contributed by atoms with E-state index in [-0.39, 0.29) is 5.91 Å². The molecular weight excluding hydrogens is 419 g/mol. The number of carbonyl (C=O) groups is 1. The minimum absolute atomic E-state index is 0.258. The van der Waals surface area contributed by atoms with Crippen molar-refractivity contribution in [3.05, 3.63) is 33.8 Å². The molecule has 0 spiro atoms. The van der Waals surface area contributed by atoms with E-state index in [0.717, 1.165) is 24.6 Å². The second-order valence-corrected chi connectivity index (χ2v) is 8.85. The van der Waals surface area contributed by atoms with Crippen LogP contribution in [0.1, 0.15) is 57.9 Å². The zero-order valence-corrected chi connectivity index (χ0v) is 20.8. The van der Waals surface area contributed by atoms with Gasteiger partial charge in [-0.1, -0.05) is 49.2 Å². The van der Waals surface area contributed by atoms with Crippen LogP contribution in [0.5, 0.6) is 0 Å². The average Bonchev–Trinajstić information content (AvgIpc) is 2.75. The van der Waals surface area contributed by atoms with Crippen molar-refractivity contribution < 1.29 is 9.53 Å². The summed E-state index contributed by atoms with van der Waals surface area (Å²) in [4.78, 5) is 16.6. The largest absolute Gasteiger partial charge is 0.384 e. The first kappa shape index (κ1) is 27.2. The first-order valence-electron chi connectivity index (χ1n) is 11.3. The van der Waals surface area contributed by atoms with E-state index in [2.05, 4.69) is 18.7 Å². The van der Waals surface area contributed by atoms with Crippen molar-refractivity contribution in [2.75, 3.05) is 46.4 Å². The van der Waals surface area contributed by atoms with E-state index in [4.69, 9.17) is 27.9 Å². The van der Waals surface area contributed by atoms with Crippen LogP contribution in [0.4, 0.5) is 0 Å². The number of nitrogens with zero attached hydrogens (tertiary/aromatic N) is 2. The van der Waals surface area contributed by atoms with Crippen molar-refractivity contribution in [2.24, 2.45) is 5.92 Å². The van der Waals surface area contributed by atoms with Crippen molar-refractivity contribution in [3.8, 4) is 0 Å². The second kappa shape index (κ2) is 15.9. The Kier molecular flexibility index (Phi) is 14.4. The van der Waals surface area contributed by atoms with Gasteiger partial charge in [-0.25, -0.2) is 0 Å². The van der Waals surface area contributed by atoms with Crippen LogP contribution in [0, 0.1) is 12.8 Å². The van der Waals surface area contributed by atoms with Crippen LogP contribution in [0.15, 0.2) is 18.2 Å². The third kappa shape index (κ3) is 10.5.